The highest BCUT2D eigenvalue weighted by Gasteiger charge is 2.17. The molecule has 0 bridgehead atoms. The van der Waals surface area contributed by atoms with Crippen molar-refractivity contribution in [2.45, 2.75) is 26.7 Å². The minimum atomic E-state index is 0. The molecule has 1 fully saturated rings. The molecule has 0 amide bonds. The summed E-state index contributed by atoms with van der Waals surface area (Å²) < 4.78 is 5.30. The molecule has 1 heterocycles. The number of likely N-dealkylation sites (tertiary alicyclic amines) is 1. The summed E-state index contributed by atoms with van der Waals surface area (Å²) in [5.74, 6) is 1.88. The Morgan fingerprint density at radius 2 is 2.06 bits per heavy atom. The zero-order chi connectivity index (χ0) is 11.8. The molecule has 4 nitrogen and oxygen atoms in total. The van der Waals surface area contributed by atoms with Crippen LogP contribution < -0.4 is 5.32 Å². The highest BCUT2D eigenvalue weighted by atomic mass is 127. The molecule has 0 aromatic heterocycles. The minimum Gasteiger partial charge on any atom is -0.380 e. The van der Waals surface area contributed by atoms with E-state index >= 15 is 0 Å². The second-order valence-corrected chi connectivity index (χ2v) is 4.34. The number of guanidine groups is 1. The van der Waals surface area contributed by atoms with Gasteiger partial charge in [-0.25, -0.2) is 0 Å². The molecular weight excluding hydrogens is 329 g/mol. The van der Waals surface area contributed by atoms with Gasteiger partial charge in [0.2, 0.25) is 0 Å². The van der Waals surface area contributed by atoms with Crippen LogP contribution in [0.25, 0.3) is 0 Å². The van der Waals surface area contributed by atoms with Crippen LogP contribution in [-0.4, -0.2) is 50.8 Å². The fourth-order valence-electron chi connectivity index (χ4n) is 1.93. The molecule has 17 heavy (non-hydrogen) atoms. The first-order chi connectivity index (χ1) is 7.77. The summed E-state index contributed by atoms with van der Waals surface area (Å²) in [6, 6.07) is 0. The highest BCUT2D eigenvalue weighted by Crippen LogP contribution is 2.15. The molecule has 0 atom stereocenters. The Morgan fingerprint density at radius 3 is 2.59 bits per heavy atom. The number of ether oxygens (including phenoxy) is 1. The molecular formula is C12H26IN3O. The average Bonchev–Trinajstić information content (AvgIpc) is 2.31. The van der Waals surface area contributed by atoms with Crippen molar-refractivity contribution in [3.63, 3.8) is 0 Å². The van der Waals surface area contributed by atoms with Crippen molar-refractivity contribution in [1.82, 2.24) is 10.2 Å². The Kier molecular flexibility index (Phi) is 9.91. The van der Waals surface area contributed by atoms with Crippen LogP contribution in [0.2, 0.25) is 0 Å². The predicted molar refractivity (Wildman–Crippen MR) is 83.2 cm³/mol. The Bertz CT molecular complexity index is 216. The SMILES string of the molecule is CCOCCNC(=NC)N1CCC(C)CC1.I. The second-order valence-electron chi connectivity index (χ2n) is 4.34. The van der Waals surface area contributed by atoms with Gasteiger partial charge in [-0.3, -0.25) is 4.99 Å². The fourth-order valence-corrected chi connectivity index (χ4v) is 1.93. The maximum atomic E-state index is 5.30. The van der Waals surface area contributed by atoms with Crippen molar-refractivity contribution < 1.29 is 4.74 Å². The van der Waals surface area contributed by atoms with Gasteiger partial charge in [0.1, 0.15) is 0 Å². The van der Waals surface area contributed by atoms with Crippen molar-refractivity contribution in [2.24, 2.45) is 10.9 Å². The van der Waals surface area contributed by atoms with Crippen LogP contribution in [-0.2, 0) is 4.74 Å². The molecule has 0 unspecified atom stereocenters. The van der Waals surface area contributed by atoms with Crippen molar-refractivity contribution in [3.05, 3.63) is 0 Å². The maximum Gasteiger partial charge on any atom is 0.193 e. The number of hydrogen-bond acceptors (Lipinski definition) is 2. The van der Waals surface area contributed by atoms with Gasteiger partial charge in [-0.05, 0) is 25.7 Å². The molecule has 0 spiro atoms. The van der Waals surface area contributed by atoms with Crippen LogP contribution in [0.3, 0.4) is 0 Å². The minimum absolute atomic E-state index is 0. The van der Waals surface area contributed by atoms with Gasteiger partial charge in [0.05, 0.1) is 6.61 Å². The maximum absolute atomic E-state index is 5.30. The molecule has 0 saturated carbocycles. The standard InChI is InChI=1S/C12H25N3O.HI/c1-4-16-10-7-14-12(13-3)15-8-5-11(2)6-9-15;/h11H,4-10H2,1-3H3,(H,13,14);1H. The van der Waals surface area contributed by atoms with E-state index in [-0.39, 0.29) is 24.0 Å². The number of nitrogens with one attached hydrogen (secondary N) is 1. The zero-order valence-electron chi connectivity index (χ0n) is 11.2. The third-order valence-corrected chi connectivity index (χ3v) is 3.03. The van der Waals surface area contributed by atoms with Gasteiger partial charge >= 0.3 is 0 Å². The average molecular weight is 355 g/mol. The van der Waals surface area contributed by atoms with Gasteiger partial charge in [-0.2, -0.15) is 0 Å². The Balaban J connectivity index is 0.00000256. The molecule has 0 aromatic carbocycles. The topological polar surface area (TPSA) is 36.9 Å². The normalized spacial score (nSPS) is 17.8. The Morgan fingerprint density at radius 1 is 1.41 bits per heavy atom. The number of halogens is 1. The zero-order valence-corrected chi connectivity index (χ0v) is 13.6. The molecule has 1 saturated heterocycles. The van der Waals surface area contributed by atoms with E-state index in [2.05, 4.69) is 22.1 Å². The van der Waals surface area contributed by atoms with E-state index in [0.717, 1.165) is 44.7 Å². The Labute approximate surface area is 122 Å². The highest BCUT2D eigenvalue weighted by molar-refractivity contribution is 14.0. The molecule has 1 aliphatic heterocycles. The van der Waals surface area contributed by atoms with Crippen molar-refractivity contribution in [1.29, 1.82) is 0 Å². The van der Waals surface area contributed by atoms with E-state index in [1.807, 2.05) is 14.0 Å². The first-order valence-corrected chi connectivity index (χ1v) is 6.31. The van der Waals surface area contributed by atoms with Gasteiger partial charge in [-0.15, -0.1) is 24.0 Å². The fraction of sp³-hybridized carbons (Fsp3) is 0.917. The number of piperidine rings is 1. The van der Waals surface area contributed by atoms with E-state index in [4.69, 9.17) is 4.74 Å². The molecule has 1 N–H and O–H groups in total. The quantitative estimate of drug-likeness (QED) is 0.363. The van der Waals surface area contributed by atoms with E-state index in [9.17, 15) is 0 Å². The van der Waals surface area contributed by atoms with Gasteiger partial charge in [0.25, 0.3) is 0 Å². The smallest absolute Gasteiger partial charge is 0.193 e. The summed E-state index contributed by atoms with van der Waals surface area (Å²) in [7, 11) is 1.85. The molecule has 0 radical (unpaired) electrons. The van der Waals surface area contributed by atoms with E-state index in [0.29, 0.717) is 0 Å². The van der Waals surface area contributed by atoms with Crippen LogP contribution in [0.5, 0.6) is 0 Å². The van der Waals surface area contributed by atoms with Crippen LogP contribution >= 0.6 is 24.0 Å². The first-order valence-electron chi connectivity index (χ1n) is 6.31. The molecule has 1 aliphatic rings. The lowest BCUT2D eigenvalue weighted by atomic mass is 10.00. The summed E-state index contributed by atoms with van der Waals surface area (Å²) in [6.07, 6.45) is 2.54. The number of nitrogens with zero attached hydrogens (tertiary/aromatic N) is 2. The van der Waals surface area contributed by atoms with Crippen LogP contribution in [0, 0.1) is 5.92 Å². The van der Waals surface area contributed by atoms with Crippen molar-refractivity contribution >= 4 is 29.9 Å². The first kappa shape index (κ1) is 17.0. The second kappa shape index (κ2) is 9.94. The van der Waals surface area contributed by atoms with E-state index in [1.165, 1.54) is 12.8 Å². The summed E-state index contributed by atoms with van der Waals surface area (Å²) >= 11 is 0. The summed E-state index contributed by atoms with van der Waals surface area (Å²) in [5.41, 5.74) is 0. The predicted octanol–water partition coefficient (Wildman–Crippen LogP) is 1.95. The lowest BCUT2D eigenvalue weighted by Gasteiger charge is -2.32. The third-order valence-electron chi connectivity index (χ3n) is 3.03. The molecule has 0 aliphatic carbocycles. The van der Waals surface area contributed by atoms with Crippen LogP contribution in [0.4, 0.5) is 0 Å². The monoisotopic (exact) mass is 355 g/mol. The van der Waals surface area contributed by atoms with Crippen molar-refractivity contribution in [3.8, 4) is 0 Å². The summed E-state index contributed by atoms with van der Waals surface area (Å²) in [6.45, 7) is 8.95. The van der Waals surface area contributed by atoms with Gasteiger partial charge < -0.3 is 15.0 Å². The number of hydrogen-bond donors (Lipinski definition) is 1. The molecule has 102 valence electrons. The number of aliphatic imine (C=N–C) groups is 1. The van der Waals surface area contributed by atoms with Gasteiger partial charge in [0.15, 0.2) is 5.96 Å². The molecule has 5 heteroatoms. The summed E-state index contributed by atoms with van der Waals surface area (Å²) in [5, 5.41) is 3.34. The summed E-state index contributed by atoms with van der Waals surface area (Å²) in [4.78, 5) is 6.65. The van der Waals surface area contributed by atoms with Crippen LogP contribution in [0.15, 0.2) is 4.99 Å². The van der Waals surface area contributed by atoms with E-state index in [1.54, 1.807) is 0 Å². The molecule has 1 rings (SSSR count). The van der Waals surface area contributed by atoms with Gasteiger partial charge in [-0.1, -0.05) is 6.92 Å². The van der Waals surface area contributed by atoms with E-state index < -0.39 is 0 Å². The third kappa shape index (κ3) is 6.45. The van der Waals surface area contributed by atoms with Crippen molar-refractivity contribution in [2.75, 3.05) is 39.9 Å². The lowest BCUT2D eigenvalue weighted by Crippen LogP contribution is -2.46. The molecule has 0 aromatic rings. The number of rotatable bonds is 4. The van der Waals surface area contributed by atoms with Crippen LogP contribution in [0.1, 0.15) is 26.7 Å². The lowest BCUT2D eigenvalue weighted by molar-refractivity contribution is 0.151. The Hall–Kier alpha value is -0.0400. The largest absolute Gasteiger partial charge is 0.380 e. The van der Waals surface area contributed by atoms with Gasteiger partial charge in [0, 0.05) is 33.3 Å².